The maximum atomic E-state index is 12.9. The largest absolute Gasteiger partial charge is 0.383 e. The van der Waals surface area contributed by atoms with Gasteiger partial charge in [0.15, 0.2) is 0 Å². The van der Waals surface area contributed by atoms with Gasteiger partial charge >= 0.3 is 0 Å². The monoisotopic (exact) mass is 377 g/mol. The molecular weight excluding hydrogens is 358 g/mol. The molecule has 8 heteroatoms. The number of rotatable bonds is 6. The van der Waals surface area contributed by atoms with Crippen LogP contribution in [0.3, 0.4) is 0 Å². The highest BCUT2D eigenvalue weighted by Gasteiger charge is 2.16. The SMILES string of the molecule is COC[C@@H](C)NC(=O)Cn1cnc2scc(-c3ccc(C)s3)c2c1=O. The molecule has 0 aliphatic rings. The number of hydrogen-bond acceptors (Lipinski definition) is 6. The average molecular weight is 377 g/mol. The Kier molecular flexibility index (Phi) is 5.31. The van der Waals surface area contributed by atoms with Gasteiger partial charge in [0.1, 0.15) is 11.4 Å². The van der Waals surface area contributed by atoms with Crippen LogP contribution in [0.1, 0.15) is 11.8 Å². The molecule has 1 atom stereocenters. The Morgan fingerprint density at radius 3 is 2.92 bits per heavy atom. The average Bonchev–Trinajstić information content (AvgIpc) is 3.16. The molecule has 0 aliphatic heterocycles. The second-order valence-corrected chi connectivity index (χ2v) is 7.99. The molecule has 0 saturated carbocycles. The Morgan fingerprint density at radius 2 is 2.24 bits per heavy atom. The standard InChI is InChI=1S/C17H19N3O3S2/c1-10(7-23-3)19-14(21)6-20-9-18-16-15(17(20)22)12(8-24-16)13-5-4-11(2)25-13/h4-5,8-10H,6-7H2,1-3H3,(H,19,21)/t10-/m1/s1. The van der Waals surface area contributed by atoms with E-state index in [2.05, 4.69) is 10.3 Å². The van der Waals surface area contributed by atoms with E-state index < -0.39 is 0 Å². The third kappa shape index (κ3) is 3.81. The fraction of sp³-hybridized carbons (Fsp3) is 0.353. The number of aryl methyl sites for hydroxylation is 1. The minimum absolute atomic E-state index is 0.0609. The molecule has 6 nitrogen and oxygen atoms in total. The summed E-state index contributed by atoms with van der Waals surface area (Å²) < 4.78 is 6.35. The minimum atomic E-state index is -0.239. The van der Waals surface area contributed by atoms with Crippen LogP contribution >= 0.6 is 22.7 Å². The van der Waals surface area contributed by atoms with E-state index in [1.807, 2.05) is 31.4 Å². The zero-order chi connectivity index (χ0) is 18.0. The van der Waals surface area contributed by atoms with Crippen LogP contribution in [0.4, 0.5) is 0 Å². The molecule has 0 unspecified atom stereocenters. The van der Waals surface area contributed by atoms with Gasteiger partial charge in [0.05, 0.1) is 18.3 Å². The van der Waals surface area contributed by atoms with Crippen molar-refractivity contribution in [1.29, 1.82) is 0 Å². The summed E-state index contributed by atoms with van der Waals surface area (Å²) >= 11 is 3.08. The lowest BCUT2D eigenvalue weighted by molar-refractivity contribution is -0.122. The van der Waals surface area contributed by atoms with E-state index in [0.29, 0.717) is 16.8 Å². The summed E-state index contributed by atoms with van der Waals surface area (Å²) in [4.78, 5) is 32.3. The number of fused-ring (bicyclic) bond motifs is 1. The number of nitrogens with zero attached hydrogens (tertiary/aromatic N) is 2. The quantitative estimate of drug-likeness (QED) is 0.717. The molecule has 132 valence electrons. The first kappa shape index (κ1) is 17.8. The zero-order valence-electron chi connectivity index (χ0n) is 14.2. The van der Waals surface area contributed by atoms with Crippen molar-refractivity contribution in [3.05, 3.63) is 39.1 Å². The first-order chi connectivity index (χ1) is 12.0. The van der Waals surface area contributed by atoms with Crippen molar-refractivity contribution in [3.63, 3.8) is 0 Å². The smallest absolute Gasteiger partial charge is 0.263 e. The third-order valence-electron chi connectivity index (χ3n) is 3.70. The number of carbonyl (C=O) groups is 1. The van der Waals surface area contributed by atoms with Crippen LogP contribution in [0.25, 0.3) is 20.7 Å². The maximum Gasteiger partial charge on any atom is 0.263 e. The lowest BCUT2D eigenvalue weighted by atomic mass is 10.2. The summed E-state index contributed by atoms with van der Waals surface area (Å²) in [6.45, 7) is 4.24. The molecule has 0 radical (unpaired) electrons. The number of nitrogens with one attached hydrogen (secondary N) is 1. The lowest BCUT2D eigenvalue weighted by Gasteiger charge is -2.13. The molecule has 25 heavy (non-hydrogen) atoms. The highest BCUT2D eigenvalue weighted by Crippen LogP contribution is 2.34. The van der Waals surface area contributed by atoms with Crippen molar-refractivity contribution in [1.82, 2.24) is 14.9 Å². The summed E-state index contributed by atoms with van der Waals surface area (Å²) in [5.41, 5.74) is 0.694. The van der Waals surface area contributed by atoms with Crippen LogP contribution in [-0.2, 0) is 16.1 Å². The van der Waals surface area contributed by atoms with Gasteiger partial charge in [-0.25, -0.2) is 4.98 Å². The predicted octanol–water partition coefficient (Wildman–Crippen LogP) is 2.65. The zero-order valence-corrected chi connectivity index (χ0v) is 15.9. The molecular formula is C17H19N3O3S2. The Balaban J connectivity index is 1.92. The molecule has 3 rings (SSSR count). The fourth-order valence-electron chi connectivity index (χ4n) is 2.61. The van der Waals surface area contributed by atoms with Crippen LogP contribution in [0.2, 0.25) is 0 Å². The Labute approximate surface area is 153 Å². The topological polar surface area (TPSA) is 73.2 Å². The first-order valence-corrected chi connectivity index (χ1v) is 9.51. The normalized spacial score (nSPS) is 12.4. The number of aromatic nitrogens is 2. The molecule has 0 fully saturated rings. The van der Waals surface area contributed by atoms with Crippen molar-refractivity contribution < 1.29 is 9.53 Å². The van der Waals surface area contributed by atoms with Crippen LogP contribution in [-0.4, -0.2) is 35.2 Å². The summed E-state index contributed by atoms with van der Waals surface area (Å²) in [5.74, 6) is -0.239. The van der Waals surface area contributed by atoms with E-state index >= 15 is 0 Å². The number of hydrogen-bond donors (Lipinski definition) is 1. The number of thiophene rings is 2. The van der Waals surface area contributed by atoms with Crippen molar-refractivity contribution >= 4 is 38.8 Å². The number of ether oxygens (including phenoxy) is 1. The number of carbonyl (C=O) groups excluding carboxylic acids is 1. The first-order valence-electron chi connectivity index (χ1n) is 7.81. The van der Waals surface area contributed by atoms with Crippen LogP contribution in [0.5, 0.6) is 0 Å². The second kappa shape index (κ2) is 7.47. The summed E-state index contributed by atoms with van der Waals surface area (Å²) in [6, 6.07) is 3.93. The Morgan fingerprint density at radius 1 is 1.44 bits per heavy atom. The van der Waals surface area contributed by atoms with Gasteiger partial charge in [0.25, 0.3) is 5.56 Å². The summed E-state index contributed by atoms with van der Waals surface area (Å²) in [7, 11) is 1.58. The molecule has 0 saturated heterocycles. The third-order valence-corrected chi connectivity index (χ3v) is 5.62. The van der Waals surface area contributed by atoms with Gasteiger partial charge in [-0.1, -0.05) is 0 Å². The van der Waals surface area contributed by atoms with Crippen molar-refractivity contribution in [2.75, 3.05) is 13.7 Å². The lowest BCUT2D eigenvalue weighted by Crippen LogP contribution is -2.39. The van der Waals surface area contributed by atoms with Gasteiger partial charge in [0, 0.05) is 33.8 Å². The molecule has 0 aromatic carbocycles. The van der Waals surface area contributed by atoms with Gasteiger partial charge < -0.3 is 10.1 Å². The second-order valence-electron chi connectivity index (χ2n) is 5.84. The van der Waals surface area contributed by atoms with Gasteiger partial charge in [0.2, 0.25) is 5.91 Å². The molecule has 3 aromatic rings. The van der Waals surface area contributed by atoms with E-state index in [0.717, 1.165) is 10.4 Å². The van der Waals surface area contributed by atoms with E-state index in [-0.39, 0.29) is 24.1 Å². The highest BCUT2D eigenvalue weighted by atomic mass is 32.1. The van der Waals surface area contributed by atoms with Crippen LogP contribution in [0.15, 0.2) is 28.6 Å². The number of amides is 1. The molecule has 0 aliphatic carbocycles. The van der Waals surface area contributed by atoms with E-state index in [4.69, 9.17) is 4.74 Å². The van der Waals surface area contributed by atoms with E-state index in [9.17, 15) is 9.59 Å². The van der Waals surface area contributed by atoms with Crippen molar-refractivity contribution in [3.8, 4) is 10.4 Å². The fourth-order valence-corrected chi connectivity index (χ4v) is 4.47. The van der Waals surface area contributed by atoms with Crippen molar-refractivity contribution in [2.24, 2.45) is 0 Å². The van der Waals surface area contributed by atoms with E-state index in [1.54, 1.807) is 18.4 Å². The van der Waals surface area contributed by atoms with Gasteiger partial charge in [-0.05, 0) is 26.0 Å². The molecule has 1 amide bonds. The summed E-state index contributed by atoms with van der Waals surface area (Å²) in [6.07, 6.45) is 1.44. The van der Waals surface area contributed by atoms with E-state index in [1.165, 1.54) is 27.1 Å². The molecule has 3 aromatic heterocycles. The molecule has 0 spiro atoms. The minimum Gasteiger partial charge on any atom is -0.383 e. The predicted molar refractivity (Wildman–Crippen MR) is 101 cm³/mol. The van der Waals surface area contributed by atoms with Crippen LogP contribution in [0, 0.1) is 6.92 Å². The molecule has 3 heterocycles. The Bertz CT molecular complexity index is 958. The maximum absolute atomic E-state index is 12.9. The molecule has 1 N–H and O–H groups in total. The van der Waals surface area contributed by atoms with Gasteiger partial charge in [-0.3, -0.25) is 14.2 Å². The van der Waals surface area contributed by atoms with Gasteiger partial charge in [-0.15, -0.1) is 22.7 Å². The Hall–Kier alpha value is -2.03. The highest BCUT2D eigenvalue weighted by molar-refractivity contribution is 7.19. The van der Waals surface area contributed by atoms with Crippen molar-refractivity contribution in [2.45, 2.75) is 26.4 Å². The summed E-state index contributed by atoms with van der Waals surface area (Å²) in [5, 5.41) is 5.33. The van der Waals surface area contributed by atoms with Crippen LogP contribution < -0.4 is 10.9 Å². The number of methoxy groups -OCH3 is 1. The molecule has 0 bridgehead atoms. The van der Waals surface area contributed by atoms with Gasteiger partial charge in [-0.2, -0.15) is 0 Å².